The molecule has 1 aliphatic carbocycles. The summed E-state index contributed by atoms with van der Waals surface area (Å²) in [5, 5.41) is 0. The van der Waals surface area contributed by atoms with Gasteiger partial charge in [-0.1, -0.05) is 35.9 Å². The molecule has 0 radical (unpaired) electrons. The highest BCUT2D eigenvalue weighted by Crippen LogP contribution is 2.40. The number of halogens is 10. The summed E-state index contributed by atoms with van der Waals surface area (Å²) in [5.41, 5.74) is -3.97. The Morgan fingerprint density at radius 3 is 1.69 bits per heavy atom. The number of benzene rings is 3. The van der Waals surface area contributed by atoms with Crippen LogP contribution in [0.2, 0.25) is 0 Å². The smallest absolute Gasteiger partial charge is 0.429 e. The van der Waals surface area contributed by atoms with Crippen LogP contribution < -0.4 is 0 Å². The zero-order valence-electron chi connectivity index (χ0n) is 19.7. The van der Waals surface area contributed by atoms with Crippen LogP contribution in [0.5, 0.6) is 0 Å². The van der Waals surface area contributed by atoms with Gasteiger partial charge in [0.05, 0.1) is 0 Å². The number of hydrogen-bond acceptors (Lipinski definition) is 1. The van der Waals surface area contributed by atoms with Crippen molar-refractivity contribution in [2.24, 2.45) is 0 Å². The van der Waals surface area contributed by atoms with Crippen molar-refractivity contribution < 1.29 is 48.6 Å². The lowest BCUT2D eigenvalue weighted by Crippen LogP contribution is -2.21. The third kappa shape index (κ3) is 5.86. The number of hydrogen-bond donors (Lipinski definition) is 0. The second-order valence-electron chi connectivity index (χ2n) is 8.56. The third-order valence-corrected chi connectivity index (χ3v) is 5.77. The van der Waals surface area contributed by atoms with E-state index in [-0.39, 0.29) is 24.1 Å². The van der Waals surface area contributed by atoms with E-state index in [1.54, 1.807) is 31.2 Å². The summed E-state index contributed by atoms with van der Waals surface area (Å²) in [5.74, 6) is -9.58. The highest BCUT2D eigenvalue weighted by Gasteiger charge is 2.42. The molecule has 3 aromatic rings. The molecule has 0 N–H and O–H groups in total. The van der Waals surface area contributed by atoms with E-state index in [2.05, 4.69) is 4.74 Å². The lowest BCUT2D eigenvalue weighted by molar-refractivity contribution is -0.224. The van der Waals surface area contributed by atoms with Gasteiger partial charge in [-0.15, -0.1) is 0 Å². The monoisotopic (exact) mass is 558 g/mol. The van der Waals surface area contributed by atoms with Crippen molar-refractivity contribution in [2.45, 2.75) is 25.6 Å². The summed E-state index contributed by atoms with van der Waals surface area (Å²) in [7, 11) is 0. The van der Waals surface area contributed by atoms with Crippen molar-refractivity contribution in [1.82, 2.24) is 0 Å². The van der Waals surface area contributed by atoms with Gasteiger partial charge in [-0.2, -0.15) is 22.0 Å². The molecule has 1 aliphatic rings. The topological polar surface area (TPSA) is 9.23 Å². The van der Waals surface area contributed by atoms with Crippen LogP contribution in [0.15, 0.2) is 78.3 Å². The Balaban J connectivity index is 1.61. The Hall–Kier alpha value is -4.02. The first-order chi connectivity index (χ1) is 18.2. The third-order valence-electron chi connectivity index (χ3n) is 5.77. The number of allylic oxidation sites excluding steroid dienone is 5. The van der Waals surface area contributed by atoms with E-state index >= 15 is 0 Å². The Morgan fingerprint density at radius 1 is 0.641 bits per heavy atom. The fraction of sp³-hybridized carbons (Fsp3) is 0.143. The molecule has 1 nitrogen and oxygen atoms in total. The number of alkyl halides is 5. The van der Waals surface area contributed by atoms with Crippen molar-refractivity contribution in [1.29, 1.82) is 0 Å². The number of rotatable bonds is 5. The van der Waals surface area contributed by atoms with Gasteiger partial charge < -0.3 is 4.74 Å². The van der Waals surface area contributed by atoms with Crippen molar-refractivity contribution >= 4 is 5.57 Å². The Kier molecular flexibility index (Phi) is 7.38. The van der Waals surface area contributed by atoms with E-state index in [0.717, 1.165) is 17.7 Å². The minimum atomic E-state index is -5.35. The second-order valence-corrected chi connectivity index (χ2v) is 8.56. The molecule has 0 heterocycles. The first-order valence-corrected chi connectivity index (χ1v) is 11.2. The molecule has 0 unspecified atom stereocenters. The first kappa shape index (κ1) is 28.0. The molecular weight excluding hydrogens is 542 g/mol. The SMILES string of the molecule is Cc1ccc(-c2cc(F)c(C(F)(F)OC3=CCC=C(c4cc(F)c(C(F)(F)F)c(F)c4)C(F)=C3)c(F)c2)cc1. The summed E-state index contributed by atoms with van der Waals surface area (Å²) in [4.78, 5) is 0. The minimum absolute atomic E-state index is 0.0194. The predicted octanol–water partition coefficient (Wildman–Crippen LogP) is 9.53. The fourth-order valence-corrected chi connectivity index (χ4v) is 3.94. The lowest BCUT2D eigenvalue weighted by atomic mass is 10.0. The molecule has 204 valence electrons. The van der Waals surface area contributed by atoms with Crippen molar-refractivity contribution in [3.63, 3.8) is 0 Å². The molecule has 0 aliphatic heterocycles. The summed E-state index contributed by atoms with van der Waals surface area (Å²) >= 11 is 0. The molecule has 0 saturated carbocycles. The first-order valence-electron chi connectivity index (χ1n) is 11.2. The van der Waals surface area contributed by atoms with Crippen LogP contribution in [0.1, 0.15) is 28.7 Å². The van der Waals surface area contributed by atoms with Crippen molar-refractivity contribution in [3.8, 4) is 11.1 Å². The average molecular weight is 558 g/mol. The Labute approximate surface area is 215 Å². The molecule has 0 bridgehead atoms. The van der Waals surface area contributed by atoms with E-state index in [9.17, 15) is 43.9 Å². The van der Waals surface area contributed by atoms with Crippen molar-refractivity contribution in [2.75, 3.05) is 0 Å². The minimum Gasteiger partial charge on any atom is -0.429 e. The molecule has 3 aromatic carbocycles. The molecule has 0 fully saturated rings. The van der Waals surface area contributed by atoms with E-state index in [4.69, 9.17) is 0 Å². The fourth-order valence-electron chi connectivity index (χ4n) is 3.94. The van der Waals surface area contributed by atoms with Crippen LogP contribution in [-0.2, 0) is 17.0 Å². The molecule has 0 amide bonds. The maximum Gasteiger partial charge on any atom is 0.432 e. The van der Waals surface area contributed by atoms with E-state index in [1.807, 2.05) is 0 Å². The molecular formula is C28H16F10O. The second kappa shape index (κ2) is 10.3. The molecule has 11 heteroatoms. The zero-order chi connectivity index (χ0) is 28.7. The predicted molar refractivity (Wildman–Crippen MR) is 123 cm³/mol. The van der Waals surface area contributed by atoms with Gasteiger partial charge in [-0.3, -0.25) is 0 Å². The largest absolute Gasteiger partial charge is 0.432 e. The summed E-state index contributed by atoms with van der Waals surface area (Å²) in [6, 6.07) is 8.26. The van der Waals surface area contributed by atoms with Gasteiger partial charge in [0.25, 0.3) is 0 Å². The van der Waals surface area contributed by atoms with Crippen LogP contribution in [0.3, 0.4) is 0 Å². The highest BCUT2D eigenvalue weighted by atomic mass is 19.4. The molecule has 4 rings (SSSR count). The van der Waals surface area contributed by atoms with Gasteiger partial charge in [0, 0.05) is 11.6 Å². The van der Waals surface area contributed by atoms with E-state index in [0.29, 0.717) is 23.8 Å². The van der Waals surface area contributed by atoms with Gasteiger partial charge in [-0.05, 0) is 60.4 Å². The highest BCUT2D eigenvalue weighted by molar-refractivity contribution is 5.78. The molecule has 0 atom stereocenters. The van der Waals surface area contributed by atoms with E-state index < -0.39 is 69.4 Å². The molecule has 39 heavy (non-hydrogen) atoms. The normalized spacial score (nSPS) is 14.4. The Morgan fingerprint density at radius 2 is 1.15 bits per heavy atom. The van der Waals surface area contributed by atoms with Gasteiger partial charge in [0.2, 0.25) is 0 Å². The van der Waals surface area contributed by atoms with Gasteiger partial charge in [0.1, 0.15) is 46.0 Å². The molecule has 0 aromatic heterocycles. The van der Waals surface area contributed by atoms with Gasteiger partial charge >= 0.3 is 12.3 Å². The van der Waals surface area contributed by atoms with Crippen LogP contribution in [-0.4, -0.2) is 0 Å². The van der Waals surface area contributed by atoms with E-state index in [1.165, 1.54) is 0 Å². The lowest BCUT2D eigenvalue weighted by Gasteiger charge is -2.20. The van der Waals surface area contributed by atoms with Gasteiger partial charge in [-0.25, -0.2) is 22.0 Å². The summed E-state index contributed by atoms with van der Waals surface area (Å²) < 4.78 is 145. The van der Waals surface area contributed by atoms with Crippen molar-refractivity contribution in [3.05, 3.63) is 124 Å². The molecule has 0 spiro atoms. The zero-order valence-corrected chi connectivity index (χ0v) is 19.7. The summed E-state index contributed by atoms with van der Waals surface area (Å²) in [6.45, 7) is 1.78. The average Bonchev–Trinajstić information content (AvgIpc) is 2.97. The quantitative estimate of drug-likeness (QED) is 0.284. The van der Waals surface area contributed by atoms with Crippen LogP contribution in [0, 0.1) is 30.2 Å². The van der Waals surface area contributed by atoms with Crippen LogP contribution in [0.25, 0.3) is 16.7 Å². The molecule has 0 saturated heterocycles. The maximum atomic E-state index is 14.9. The summed E-state index contributed by atoms with van der Waals surface area (Å²) in [6.07, 6.45) is -8.16. The van der Waals surface area contributed by atoms with Gasteiger partial charge in [0.15, 0.2) is 0 Å². The van der Waals surface area contributed by atoms with Crippen LogP contribution in [0.4, 0.5) is 43.9 Å². The number of ether oxygens (including phenoxy) is 1. The Bertz CT molecular complexity index is 1470. The standard InChI is InChI=1S/C28H16F10O/c1-14-5-7-15(8-6-14)16-9-23(32)26(24(33)10-16)28(37,38)39-18-3-2-4-19(20(29)13-18)17-11-21(30)25(22(31)12-17)27(34,35)36/h3-13H,2H2,1H3. The van der Waals surface area contributed by atoms with Crippen LogP contribution >= 0.6 is 0 Å². The maximum absolute atomic E-state index is 14.9. The number of aryl methyl sites for hydroxylation is 1.